The quantitative estimate of drug-likeness (QED) is 0.863. The number of pyridine rings is 1. The minimum Gasteiger partial charge on any atom is -0.504 e. The molecule has 0 unspecified atom stereocenters. The van der Waals surface area contributed by atoms with Gasteiger partial charge < -0.3 is 9.84 Å². The Morgan fingerprint density at radius 3 is 2.85 bits per heavy atom. The molecule has 2 rings (SSSR count). The predicted octanol–water partition coefficient (Wildman–Crippen LogP) is 3.25. The summed E-state index contributed by atoms with van der Waals surface area (Å²) in [7, 11) is 0. The van der Waals surface area contributed by atoms with Crippen LogP contribution in [0.2, 0.25) is 0 Å². The number of phenols is 1. The van der Waals surface area contributed by atoms with Crippen molar-refractivity contribution in [2.45, 2.75) is 6.92 Å². The minimum absolute atomic E-state index is 0.0260. The number of ether oxygens (including phenoxy) is 1. The molecule has 0 fully saturated rings. The number of rotatable bonds is 4. The number of hydrogen-bond acceptors (Lipinski definition) is 4. The zero-order valence-electron chi connectivity index (χ0n) is 11.1. The molecule has 20 heavy (non-hydrogen) atoms. The van der Waals surface area contributed by atoms with E-state index in [1.807, 2.05) is 13.0 Å². The van der Waals surface area contributed by atoms with Gasteiger partial charge in [0.2, 0.25) is 0 Å². The molecule has 2 aromatic rings. The normalized spacial score (nSPS) is 10.9. The molecule has 0 aliphatic heterocycles. The first-order valence-electron chi connectivity index (χ1n) is 6.24. The summed E-state index contributed by atoms with van der Waals surface area (Å²) in [5.74, 6) is 0.428. The number of aromatic hydroxyl groups is 1. The molecule has 1 aromatic carbocycles. The summed E-state index contributed by atoms with van der Waals surface area (Å²) >= 11 is 0. The van der Waals surface area contributed by atoms with E-state index in [-0.39, 0.29) is 5.75 Å². The summed E-state index contributed by atoms with van der Waals surface area (Å²) in [5.41, 5.74) is 1.48. The summed E-state index contributed by atoms with van der Waals surface area (Å²) in [5, 5.41) is 19.3. The molecule has 1 aromatic heterocycles. The number of aromatic nitrogens is 1. The Kier molecular flexibility index (Phi) is 4.35. The van der Waals surface area contributed by atoms with Gasteiger partial charge in [-0.25, -0.2) is 0 Å². The van der Waals surface area contributed by atoms with Crippen molar-refractivity contribution in [2.24, 2.45) is 0 Å². The molecule has 1 heterocycles. The van der Waals surface area contributed by atoms with Crippen LogP contribution >= 0.6 is 0 Å². The summed E-state index contributed by atoms with van der Waals surface area (Å²) < 4.78 is 5.32. The second kappa shape index (κ2) is 6.39. The molecule has 0 saturated heterocycles. The Morgan fingerprint density at radius 1 is 1.35 bits per heavy atom. The molecule has 4 nitrogen and oxygen atoms in total. The van der Waals surface area contributed by atoms with Crippen LogP contribution in [0.15, 0.2) is 42.6 Å². The monoisotopic (exact) mass is 266 g/mol. The van der Waals surface area contributed by atoms with Gasteiger partial charge in [0.25, 0.3) is 0 Å². The number of benzene rings is 1. The van der Waals surface area contributed by atoms with Crippen molar-refractivity contribution in [2.75, 3.05) is 6.61 Å². The maximum Gasteiger partial charge on any atom is 0.165 e. The van der Waals surface area contributed by atoms with Crippen LogP contribution in [0.4, 0.5) is 0 Å². The lowest BCUT2D eigenvalue weighted by molar-refractivity contribution is 0.318. The molecule has 1 N–H and O–H groups in total. The average Bonchev–Trinajstić information content (AvgIpc) is 2.49. The third-order valence-corrected chi connectivity index (χ3v) is 2.69. The summed E-state index contributed by atoms with van der Waals surface area (Å²) in [6.07, 6.45) is 3.22. The fraction of sp³-hybridized carbons (Fsp3) is 0.125. The summed E-state index contributed by atoms with van der Waals surface area (Å²) in [4.78, 5) is 4.13. The van der Waals surface area contributed by atoms with Crippen LogP contribution in [0.5, 0.6) is 11.5 Å². The van der Waals surface area contributed by atoms with E-state index in [1.165, 1.54) is 0 Å². The summed E-state index contributed by atoms with van der Waals surface area (Å²) in [6.45, 7) is 2.31. The highest BCUT2D eigenvalue weighted by Crippen LogP contribution is 2.32. The molecule has 0 radical (unpaired) electrons. The van der Waals surface area contributed by atoms with Crippen molar-refractivity contribution in [3.63, 3.8) is 0 Å². The first-order chi connectivity index (χ1) is 9.76. The lowest BCUT2D eigenvalue weighted by Gasteiger charge is -2.08. The van der Waals surface area contributed by atoms with Crippen molar-refractivity contribution in [3.05, 3.63) is 53.9 Å². The Hall–Kier alpha value is -2.80. The topological polar surface area (TPSA) is 66.1 Å². The van der Waals surface area contributed by atoms with Crippen LogP contribution in [-0.4, -0.2) is 16.7 Å². The molecule has 0 amide bonds. The molecule has 0 spiro atoms. The van der Waals surface area contributed by atoms with Gasteiger partial charge in [-0.2, -0.15) is 5.26 Å². The zero-order chi connectivity index (χ0) is 14.4. The van der Waals surface area contributed by atoms with Crippen molar-refractivity contribution >= 4 is 11.6 Å². The molecular formula is C16H14N2O2. The second-order valence-electron chi connectivity index (χ2n) is 4.01. The van der Waals surface area contributed by atoms with E-state index in [0.29, 0.717) is 29.2 Å². The highest BCUT2D eigenvalue weighted by Gasteiger charge is 2.08. The van der Waals surface area contributed by atoms with Crippen molar-refractivity contribution < 1.29 is 9.84 Å². The number of phenolic OH excluding ortho intramolecular Hbond substituents is 1. The zero-order valence-corrected chi connectivity index (χ0v) is 11.1. The number of allylic oxidation sites excluding steroid dienone is 1. The van der Waals surface area contributed by atoms with Crippen molar-refractivity contribution in [1.29, 1.82) is 5.26 Å². The lowest BCUT2D eigenvalue weighted by atomic mass is 10.1. The Labute approximate surface area is 117 Å². The number of nitriles is 1. The fourth-order valence-corrected chi connectivity index (χ4v) is 1.77. The maximum absolute atomic E-state index is 10.1. The number of nitrogens with zero attached hydrogens (tertiary/aromatic N) is 2. The molecule has 0 atom stereocenters. The van der Waals surface area contributed by atoms with Crippen LogP contribution in [0.25, 0.3) is 11.6 Å². The molecule has 100 valence electrons. The van der Waals surface area contributed by atoms with E-state index in [2.05, 4.69) is 11.1 Å². The van der Waals surface area contributed by atoms with Crippen LogP contribution in [0.1, 0.15) is 18.2 Å². The van der Waals surface area contributed by atoms with Gasteiger partial charge in [0, 0.05) is 11.8 Å². The van der Waals surface area contributed by atoms with Gasteiger partial charge in [0.05, 0.1) is 17.9 Å². The minimum atomic E-state index is 0.0260. The van der Waals surface area contributed by atoms with Crippen LogP contribution in [-0.2, 0) is 0 Å². The van der Waals surface area contributed by atoms with Crippen molar-refractivity contribution in [1.82, 2.24) is 4.98 Å². The Morgan fingerprint density at radius 2 is 2.20 bits per heavy atom. The van der Waals surface area contributed by atoms with E-state index >= 15 is 0 Å². The van der Waals surface area contributed by atoms with Gasteiger partial charge in [0.1, 0.15) is 6.07 Å². The van der Waals surface area contributed by atoms with Crippen LogP contribution in [0, 0.1) is 11.3 Å². The van der Waals surface area contributed by atoms with Gasteiger partial charge in [0.15, 0.2) is 11.5 Å². The predicted molar refractivity (Wildman–Crippen MR) is 77.0 cm³/mol. The largest absolute Gasteiger partial charge is 0.504 e. The highest BCUT2D eigenvalue weighted by atomic mass is 16.5. The lowest BCUT2D eigenvalue weighted by Crippen LogP contribution is -1.93. The van der Waals surface area contributed by atoms with Crippen LogP contribution < -0.4 is 4.74 Å². The van der Waals surface area contributed by atoms with Crippen LogP contribution in [0.3, 0.4) is 0 Å². The molecular weight excluding hydrogens is 252 g/mol. The third kappa shape index (κ3) is 2.96. The van der Waals surface area contributed by atoms with Gasteiger partial charge in [-0.3, -0.25) is 4.98 Å². The van der Waals surface area contributed by atoms with Gasteiger partial charge in [-0.1, -0.05) is 18.2 Å². The van der Waals surface area contributed by atoms with Gasteiger partial charge in [-0.15, -0.1) is 0 Å². The number of hydrogen-bond donors (Lipinski definition) is 1. The van der Waals surface area contributed by atoms with E-state index < -0.39 is 0 Å². The van der Waals surface area contributed by atoms with Gasteiger partial charge in [-0.05, 0) is 31.2 Å². The van der Waals surface area contributed by atoms with Crippen molar-refractivity contribution in [3.8, 4) is 17.6 Å². The average molecular weight is 266 g/mol. The molecule has 4 heteroatoms. The van der Waals surface area contributed by atoms with E-state index in [4.69, 9.17) is 4.74 Å². The molecule has 0 saturated carbocycles. The second-order valence-corrected chi connectivity index (χ2v) is 4.01. The maximum atomic E-state index is 10.1. The first-order valence-corrected chi connectivity index (χ1v) is 6.24. The molecule has 0 aliphatic carbocycles. The third-order valence-electron chi connectivity index (χ3n) is 2.69. The SMILES string of the molecule is CCOc1cccc(/C=C(\C#N)c2ccccn2)c1O. The first kappa shape index (κ1) is 13.6. The fourth-order valence-electron chi connectivity index (χ4n) is 1.77. The van der Waals surface area contributed by atoms with E-state index in [0.717, 1.165) is 0 Å². The van der Waals surface area contributed by atoms with Gasteiger partial charge >= 0.3 is 0 Å². The molecule has 0 aliphatic rings. The smallest absolute Gasteiger partial charge is 0.165 e. The Balaban J connectivity index is 2.44. The summed E-state index contributed by atoms with van der Waals surface area (Å²) in [6, 6.07) is 12.6. The Bertz CT molecular complexity index is 658. The highest BCUT2D eigenvalue weighted by molar-refractivity contribution is 5.89. The molecule has 0 bridgehead atoms. The van der Waals surface area contributed by atoms with E-state index in [1.54, 1.807) is 42.6 Å². The van der Waals surface area contributed by atoms with E-state index in [9.17, 15) is 10.4 Å². The standard InChI is InChI=1S/C16H14N2O2/c1-2-20-15-8-5-6-12(16(15)19)10-13(11-17)14-7-3-4-9-18-14/h3-10,19H,2H2,1H3/b13-10+. The number of para-hydroxylation sites is 1.